The number of fused-ring (bicyclic) bond motifs is 1. The molecule has 2 aromatic rings. The third-order valence-electron chi connectivity index (χ3n) is 3.85. The first kappa shape index (κ1) is 13.7. The predicted molar refractivity (Wildman–Crippen MR) is 82.2 cm³/mol. The van der Waals surface area contributed by atoms with Gasteiger partial charge in [-0.25, -0.2) is 0 Å². The third-order valence-corrected chi connectivity index (χ3v) is 3.85. The highest BCUT2D eigenvalue weighted by atomic mass is 16.5. The first-order chi connectivity index (χ1) is 10.3. The van der Waals surface area contributed by atoms with Gasteiger partial charge in [0.25, 0.3) is 0 Å². The van der Waals surface area contributed by atoms with E-state index in [0.29, 0.717) is 19.6 Å². The number of rotatable bonds is 4. The highest BCUT2D eigenvalue weighted by molar-refractivity contribution is 5.77. The van der Waals surface area contributed by atoms with E-state index in [1.807, 2.05) is 48.5 Å². The second-order valence-electron chi connectivity index (χ2n) is 5.34. The number of amides is 1. The summed E-state index contributed by atoms with van der Waals surface area (Å²) in [4.78, 5) is 12.1. The van der Waals surface area contributed by atoms with Crippen LogP contribution in [0.5, 0.6) is 5.75 Å². The predicted octanol–water partition coefficient (Wildman–Crippen LogP) is 3.26. The number of hydrogen-bond donors (Lipinski definition) is 1. The molecule has 1 unspecified atom stereocenters. The van der Waals surface area contributed by atoms with E-state index < -0.39 is 0 Å². The number of ether oxygens (including phenoxy) is 1. The molecule has 0 aliphatic carbocycles. The van der Waals surface area contributed by atoms with E-state index in [0.717, 1.165) is 23.3 Å². The molecule has 1 atom stereocenters. The summed E-state index contributed by atoms with van der Waals surface area (Å²) < 4.78 is 5.63. The smallest absolute Gasteiger partial charge is 0.220 e. The van der Waals surface area contributed by atoms with Gasteiger partial charge in [0.2, 0.25) is 5.91 Å². The maximum atomic E-state index is 12.1. The molecule has 1 aliphatic rings. The summed E-state index contributed by atoms with van der Waals surface area (Å²) in [6.07, 6.45) is 1.42. The summed E-state index contributed by atoms with van der Waals surface area (Å²) in [5, 5.41) is 3.00. The van der Waals surface area contributed by atoms with Crippen molar-refractivity contribution in [1.29, 1.82) is 0 Å². The lowest BCUT2D eigenvalue weighted by molar-refractivity contribution is -0.121. The van der Waals surface area contributed by atoms with Crippen LogP contribution in [0.1, 0.15) is 29.9 Å². The molecule has 0 bridgehead atoms. The average molecular weight is 281 g/mol. The van der Waals surface area contributed by atoms with Crippen molar-refractivity contribution in [3.05, 3.63) is 65.7 Å². The Morgan fingerprint density at radius 2 is 1.86 bits per heavy atom. The van der Waals surface area contributed by atoms with Crippen LogP contribution in [-0.4, -0.2) is 12.5 Å². The Bertz CT molecular complexity index is 610. The molecule has 0 saturated carbocycles. The van der Waals surface area contributed by atoms with Gasteiger partial charge in [0, 0.05) is 13.0 Å². The van der Waals surface area contributed by atoms with E-state index in [4.69, 9.17) is 4.74 Å². The van der Waals surface area contributed by atoms with Crippen LogP contribution in [0.15, 0.2) is 54.6 Å². The van der Waals surface area contributed by atoms with Crippen molar-refractivity contribution in [1.82, 2.24) is 5.32 Å². The van der Waals surface area contributed by atoms with Gasteiger partial charge in [-0.15, -0.1) is 0 Å². The number of carbonyl (C=O) groups excluding carboxylic acids is 1. The molecular formula is C18H19NO2. The molecule has 3 heteroatoms. The van der Waals surface area contributed by atoms with Crippen molar-refractivity contribution in [2.24, 2.45) is 0 Å². The average Bonchev–Trinajstić information content (AvgIpc) is 2.54. The van der Waals surface area contributed by atoms with Crippen LogP contribution < -0.4 is 10.1 Å². The van der Waals surface area contributed by atoms with Gasteiger partial charge in [-0.3, -0.25) is 4.79 Å². The fourth-order valence-corrected chi connectivity index (χ4v) is 2.72. The van der Waals surface area contributed by atoms with Gasteiger partial charge in [0.05, 0.1) is 6.61 Å². The van der Waals surface area contributed by atoms with Crippen LogP contribution in [-0.2, 0) is 11.3 Å². The van der Waals surface area contributed by atoms with E-state index in [-0.39, 0.29) is 11.8 Å². The van der Waals surface area contributed by atoms with Gasteiger partial charge in [0.1, 0.15) is 5.75 Å². The number of nitrogens with one attached hydrogen (secondary N) is 1. The maximum absolute atomic E-state index is 12.1. The van der Waals surface area contributed by atoms with Crippen LogP contribution in [0, 0.1) is 0 Å². The van der Waals surface area contributed by atoms with Crippen LogP contribution in [0.3, 0.4) is 0 Å². The summed E-state index contributed by atoms with van der Waals surface area (Å²) in [6, 6.07) is 18.0. The summed E-state index contributed by atoms with van der Waals surface area (Å²) in [6.45, 7) is 1.28. The first-order valence-electron chi connectivity index (χ1n) is 7.35. The van der Waals surface area contributed by atoms with Crippen molar-refractivity contribution in [3.8, 4) is 5.75 Å². The standard InChI is InChI=1S/C18H19NO2/c20-18(19-13-14-6-2-1-3-7-14)12-15-10-11-21-17-9-5-4-8-16(15)17/h1-9,15H,10-13H2,(H,19,20). The minimum absolute atomic E-state index is 0.0977. The first-order valence-corrected chi connectivity index (χ1v) is 7.35. The van der Waals surface area contributed by atoms with Crippen molar-refractivity contribution >= 4 is 5.91 Å². The molecule has 1 N–H and O–H groups in total. The topological polar surface area (TPSA) is 38.3 Å². The molecule has 1 aliphatic heterocycles. The number of para-hydroxylation sites is 1. The molecule has 21 heavy (non-hydrogen) atoms. The van der Waals surface area contributed by atoms with Gasteiger partial charge in [-0.1, -0.05) is 48.5 Å². The van der Waals surface area contributed by atoms with Crippen molar-refractivity contribution in [2.45, 2.75) is 25.3 Å². The molecule has 1 heterocycles. The van der Waals surface area contributed by atoms with E-state index in [2.05, 4.69) is 11.4 Å². The minimum Gasteiger partial charge on any atom is -0.493 e. The van der Waals surface area contributed by atoms with Crippen LogP contribution in [0.4, 0.5) is 0 Å². The Labute approximate surface area is 124 Å². The Hall–Kier alpha value is -2.29. The molecule has 0 saturated heterocycles. The van der Waals surface area contributed by atoms with Crippen LogP contribution in [0.25, 0.3) is 0 Å². The monoisotopic (exact) mass is 281 g/mol. The molecule has 0 spiro atoms. The number of benzene rings is 2. The molecule has 3 nitrogen and oxygen atoms in total. The quantitative estimate of drug-likeness (QED) is 0.934. The Balaban J connectivity index is 1.58. The largest absolute Gasteiger partial charge is 0.493 e. The minimum atomic E-state index is 0.0977. The Kier molecular flexibility index (Phi) is 4.20. The summed E-state index contributed by atoms with van der Waals surface area (Å²) in [7, 11) is 0. The highest BCUT2D eigenvalue weighted by Crippen LogP contribution is 2.35. The molecule has 3 rings (SSSR count). The summed E-state index contributed by atoms with van der Waals surface area (Å²) >= 11 is 0. The van der Waals surface area contributed by atoms with Crippen LogP contribution >= 0.6 is 0 Å². The molecular weight excluding hydrogens is 262 g/mol. The SMILES string of the molecule is O=C(CC1CCOc2ccccc21)NCc1ccccc1. The summed E-state index contributed by atoms with van der Waals surface area (Å²) in [5.41, 5.74) is 2.27. The maximum Gasteiger partial charge on any atom is 0.220 e. The lowest BCUT2D eigenvalue weighted by atomic mass is 9.90. The fourth-order valence-electron chi connectivity index (χ4n) is 2.72. The molecule has 0 aromatic heterocycles. The van der Waals surface area contributed by atoms with Crippen LogP contribution in [0.2, 0.25) is 0 Å². The molecule has 0 fully saturated rings. The van der Waals surface area contributed by atoms with Crippen molar-refractivity contribution in [2.75, 3.05) is 6.61 Å². The van der Waals surface area contributed by atoms with E-state index in [1.54, 1.807) is 0 Å². The van der Waals surface area contributed by atoms with Crippen molar-refractivity contribution < 1.29 is 9.53 Å². The van der Waals surface area contributed by atoms with Gasteiger partial charge in [0.15, 0.2) is 0 Å². The normalized spacial score (nSPS) is 16.7. The van der Waals surface area contributed by atoms with Gasteiger partial charge in [-0.05, 0) is 29.5 Å². The summed E-state index contributed by atoms with van der Waals surface area (Å²) in [5.74, 6) is 1.27. The lowest BCUT2D eigenvalue weighted by Gasteiger charge is -2.25. The second-order valence-corrected chi connectivity index (χ2v) is 5.34. The van der Waals surface area contributed by atoms with E-state index in [1.165, 1.54) is 0 Å². The van der Waals surface area contributed by atoms with E-state index in [9.17, 15) is 4.79 Å². The Morgan fingerprint density at radius 3 is 2.71 bits per heavy atom. The molecule has 108 valence electrons. The zero-order valence-electron chi connectivity index (χ0n) is 11.9. The number of carbonyl (C=O) groups is 1. The third kappa shape index (κ3) is 3.43. The second kappa shape index (κ2) is 6.44. The zero-order chi connectivity index (χ0) is 14.5. The molecule has 0 radical (unpaired) electrons. The van der Waals surface area contributed by atoms with Gasteiger partial charge in [-0.2, -0.15) is 0 Å². The highest BCUT2D eigenvalue weighted by Gasteiger charge is 2.23. The molecule has 1 amide bonds. The Morgan fingerprint density at radius 1 is 1.10 bits per heavy atom. The number of hydrogen-bond acceptors (Lipinski definition) is 2. The molecule has 2 aromatic carbocycles. The van der Waals surface area contributed by atoms with Crippen molar-refractivity contribution in [3.63, 3.8) is 0 Å². The van der Waals surface area contributed by atoms with E-state index >= 15 is 0 Å². The zero-order valence-corrected chi connectivity index (χ0v) is 11.9. The van der Waals surface area contributed by atoms with Gasteiger partial charge < -0.3 is 10.1 Å². The lowest BCUT2D eigenvalue weighted by Crippen LogP contribution is -2.26. The fraction of sp³-hybridized carbons (Fsp3) is 0.278. The van der Waals surface area contributed by atoms with Gasteiger partial charge >= 0.3 is 0 Å².